The van der Waals surface area contributed by atoms with E-state index in [-0.39, 0.29) is 23.2 Å². The van der Waals surface area contributed by atoms with E-state index < -0.39 is 0 Å². The molecule has 2 aromatic carbocycles. The fourth-order valence-corrected chi connectivity index (χ4v) is 3.25. The van der Waals surface area contributed by atoms with E-state index in [0.717, 1.165) is 11.3 Å². The zero-order valence-corrected chi connectivity index (χ0v) is 16.5. The molecule has 1 atom stereocenters. The van der Waals surface area contributed by atoms with Crippen LogP contribution in [0.5, 0.6) is 5.75 Å². The maximum atomic E-state index is 12.9. The minimum atomic E-state index is -0.325. The van der Waals surface area contributed by atoms with Gasteiger partial charge in [0, 0.05) is 24.5 Å². The van der Waals surface area contributed by atoms with Crippen LogP contribution in [0.15, 0.2) is 53.3 Å². The SMILES string of the molecule is COc1ccccc1[C@H](CNC(=O)c1nn(C)c(=O)c2ccccc12)N(C)C. The number of nitrogens with zero attached hydrogens (tertiary/aromatic N) is 3. The average Bonchev–Trinajstić information content (AvgIpc) is 2.70. The molecule has 0 aliphatic carbocycles. The molecule has 0 aliphatic rings. The highest BCUT2D eigenvalue weighted by molar-refractivity contribution is 6.04. The van der Waals surface area contributed by atoms with E-state index in [1.165, 1.54) is 4.68 Å². The van der Waals surface area contributed by atoms with Crippen molar-refractivity contribution in [1.29, 1.82) is 0 Å². The van der Waals surface area contributed by atoms with Gasteiger partial charge in [-0.2, -0.15) is 5.10 Å². The molecule has 146 valence electrons. The van der Waals surface area contributed by atoms with Crippen LogP contribution in [-0.2, 0) is 7.05 Å². The van der Waals surface area contributed by atoms with Crippen LogP contribution in [0.1, 0.15) is 22.1 Å². The molecule has 7 heteroatoms. The number of hydrogen-bond donors (Lipinski definition) is 1. The summed E-state index contributed by atoms with van der Waals surface area (Å²) < 4.78 is 6.66. The summed E-state index contributed by atoms with van der Waals surface area (Å²) in [6.45, 7) is 0.366. The van der Waals surface area contributed by atoms with Gasteiger partial charge in [0.1, 0.15) is 5.75 Å². The first kappa shape index (κ1) is 19.6. The Morgan fingerprint density at radius 3 is 2.46 bits per heavy atom. The molecular weight excluding hydrogens is 356 g/mol. The van der Waals surface area contributed by atoms with Crippen LogP contribution in [0, 0.1) is 0 Å². The molecule has 7 nitrogen and oxygen atoms in total. The molecule has 0 saturated heterocycles. The summed E-state index contributed by atoms with van der Waals surface area (Å²) in [5.74, 6) is 0.440. The van der Waals surface area contributed by atoms with E-state index in [2.05, 4.69) is 10.4 Å². The van der Waals surface area contributed by atoms with E-state index in [9.17, 15) is 9.59 Å². The Balaban J connectivity index is 1.90. The van der Waals surface area contributed by atoms with Crippen LogP contribution >= 0.6 is 0 Å². The lowest BCUT2D eigenvalue weighted by Crippen LogP contribution is -2.36. The fraction of sp³-hybridized carbons (Fsp3) is 0.286. The molecular formula is C21H24N4O3. The number of aromatic nitrogens is 2. The lowest BCUT2D eigenvalue weighted by Gasteiger charge is -2.26. The normalized spacial score (nSPS) is 12.2. The molecule has 1 aromatic heterocycles. The quantitative estimate of drug-likeness (QED) is 0.708. The summed E-state index contributed by atoms with van der Waals surface area (Å²) in [5.41, 5.74) is 0.983. The van der Waals surface area contributed by atoms with Crippen molar-refractivity contribution in [3.63, 3.8) is 0 Å². The third kappa shape index (κ3) is 3.75. The van der Waals surface area contributed by atoms with Crippen LogP contribution in [0.3, 0.4) is 0 Å². The minimum Gasteiger partial charge on any atom is -0.496 e. The molecule has 1 N–H and O–H groups in total. The summed E-state index contributed by atoms with van der Waals surface area (Å²) in [5, 5.41) is 8.15. The Morgan fingerprint density at radius 2 is 1.79 bits per heavy atom. The van der Waals surface area contributed by atoms with Gasteiger partial charge in [0.25, 0.3) is 11.5 Å². The van der Waals surface area contributed by atoms with Gasteiger partial charge >= 0.3 is 0 Å². The number of amides is 1. The largest absolute Gasteiger partial charge is 0.496 e. The van der Waals surface area contributed by atoms with Gasteiger partial charge in [-0.1, -0.05) is 36.4 Å². The molecule has 0 bridgehead atoms. The summed E-state index contributed by atoms with van der Waals surface area (Å²) in [4.78, 5) is 27.2. The molecule has 0 fully saturated rings. The highest BCUT2D eigenvalue weighted by atomic mass is 16.5. The third-order valence-corrected chi connectivity index (χ3v) is 4.75. The van der Waals surface area contributed by atoms with Gasteiger partial charge in [-0.3, -0.25) is 9.59 Å². The van der Waals surface area contributed by atoms with Gasteiger partial charge < -0.3 is 15.0 Å². The van der Waals surface area contributed by atoms with Crippen molar-refractivity contribution in [2.24, 2.45) is 7.05 Å². The molecule has 0 saturated carbocycles. The Labute approximate surface area is 163 Å². The van der Waals surface area contributed by atoms with Crippen LogP contribution in [0.2, 0.25) is 0 Å². The number of carbonyl (C=O) groups excluding carboxylic acids is 1. The zero-order chi connectivity index (χ0) is 20.3. The Kier molecular flexibility index (Phi) is 5.75. The van der Waals surface area contributed by atoms with E-state index >= 15 is 0 Å². The fourth-order valence-electron chi connectivity index (χ4n) is 3.25. The number of hydrogen-bond acceptors (Lipinski definition) is 5. The second kappa shape index (κ2) is 8.22. The standard InChI is InChI=1S/C21H24N4O3/c1-24(2)17(16-11-7-8-12-18(16)28-4)13-22-20(26)19-14-9-5-6-10-15(14)21(27)25(3)23-19/h5-12,17H,13H2,1-4H3,(H,22,26)/t17-/m0/s1. The Bertz CT molecular complexity index is 1060. The van der Waals surface area contributed by atoms with E-state index in [0.29, 0.717) is 17.3 Å². The number of fused-ring (bicyclic) bond motifs is 1. The Hall–Kier alpha value is -3.19. The van der Waals surface area contributed by atoms with Gasteiger partial charge in [-0.05, 0) is 26.2 Å². The zero-order valence-electron chi connectivity index (χ0n) is 16.5. The highest BCUT2D eigenvalue weighted by Gasteiger charge is 2.21. The number of carbonyl (C=O) groups is 1. The van der Waals surface area contributed by atoms with Crippen molar-refractivity contribution in [1.82, 2.24) is 20.0 Å². The summed E-state index contributed by atoms with van der Waals surface area (Å²) in [6, 6.07) is 14.7. The lowest BCUT2D eigenvalue weighted by atomic mass is 10.0. The molecule has 0 aliphatic heterocycles. The van der Waals surface area contributed by atoms with Crippen molar-refractivity contribution in [2.45, 2.75) is 6.04 Å². The number of para-hydroxylation sites is 1. The van der Waals surface area contributed by atoms with Crippen LogP contribution in [0.4, 0.5) is 0 Å². The van der Waals surface area contributed by atoms with Crippen LogP contribution < -0.4 is 15.6 Å². The van der Waals surface area contributed by atoms with E-state index in [1.54, 1.807) is 38.4 Å². The molecule has 0 unspecified atom stereocenters. The molecule has 1 heterocycles. The molecule has 1 amide bonds. The molecule has 3 rings (SSSR count). The summed E-state index contributed by atoms with van der Waals surface area (Å²) >= 11 is 0. The Morgan fingerprint density at radius 1 is 1.14 bits per heavy atom. The monoisotopic (exact) mass is 380 g/mol. The van der Waals surface area contributed by atoms with Crippen LogP contribution in [0.25, 0.3) is 10.8 Å². The summed E-state index contributed by atoms with van der Waals surface area (Å²) in [6.07, 6.45) is 0. The number of methoxy groups -OCH3 is 1. The van der Waals surface area contributed by atoms with Crippen molar-refractivity contribution in [2.75, 3.05) is 27.7 Å². The topological polar surface area (TPSA) is 76.5 Å². The summed E-state index contributed by atoms with van der Waals surface area (Å²) in [7, 11) is 7.07. The van der Waals surface area contributed by atoms with Gasteiger partial charge in [0.2, 0.25) is 0 Å². The van der Waals surface area contributed by atoms with Gasteiger partial charge in [-0.15, -0.1) is 0 Å². The van der Waals surface area contributed by atoms with Gasteiger partial charge in [-0.25, -0.2) is 4.68 Å². The first-order chi connectivity index (χ1) is 13.4. The maximum Gasteiger partial charge on any atom is 0.274 e. The molecule has 0 radical (unpaired) electrons. The molecule has 0 spiro atoms. The average molecular weight is 380 g/mol. The number of aryl methyl sites for hydroxylation is 1. The second-order valence-electron chi connectivity index (χ2n) is 6.75. The number of nitrogens with one attached hydrogen (secondary N) is 1. The molecule has 3 aromatic rings. The predicted molar refractivity (Wildman–Crippen MR) is 109 cm³/mol. The van der Waals surface area contributed by atoms with Crippen molar-refractivity contribution >= 4 is 16.7 Å². The van der Waals surface area contributed by atoms with E-state index in [4.69, 9.17) is 4.74 Å². The number of rotatable bonds is 6. The highest BCUT2D eigenvalue weighted by Crippen LogP contribution is 2.27. The van der Waals surface area contributed by atoms with Crippen LogP contribution in [-0.4, -0.2) is 48.3 Å². The smallest absolute Gasteiger partial charge is 0.274 e. The number of ether oxygens (including phenoxy) is 1. The number of benzene rings is 2. The molecule has 28 heavy (non-hydrogen) atoms. The van der Waals surface area contributed by atoms with Crippen molar-refractivity contribution in [3.05, 3.63) is 70.1 Å². The lowest BCUT2D eigenvalue weighted by molar-refractivity contribution is 0.0936. The second-order valence-corrected chi connectivity index (χ2v) is 6.75. The third-order valence-electron chi connectivity index (χ3n) is 4.75. The van der Waals surface area contributed by atoms with Gasteiger partial charge in [0.05, 0.1) is 18.5 Å². The predicted octanol–water partition coefficient (Wildman–Crippen LogP) is 1.97. The van der Waals surface area contributed by atoms with Crippen molar-refractivity contribution < 1.29 is 9.53 Å². The first-order valence-electron chi connectivity index (χ1n) is 8.97. The number of likely N-dealkylation sites (N-methyl/N-ethyl adjacent to an activating group) is 1. The van der Waals surface area contributed by atoms with E-state index in [1.807, 2.05) is 43.3 Å². The maximum absolute atomic E-state index is 12.9. The van der Waals surface area contributed by atoms with Crippen molar-refractivity contribution in [3.8, 4) is 5.75 Å². The minimum absolute atomic E-state index is 0.0844. The first-order valence-corrected chi connectivity index (χ1v) is 8.97. The van der Waals surface area contributed by atoms with Gasteiger partial charge in [0.15, 0.2) is 5.69 Å².